The highest BCUT2D eigenvalue weighted by atomic mass is 79.9. The van der Waals surface area contributed by atoms with E-state index < -0.39 is 5.82 Å². The molecule has 0 aliphatic heterocycles. The lowest BCUT2D eigenvalue weighted by Gasteiger charge is -2.10. The zero-order valence-corrected chi connectivity index (χ0v) is 12.4. The van der Waals surface area contributed by atoms with Gasteiger partial charge in [-0.2, -0.15) is 0 Å². The van der Waals surface area contributed by atoms with Crippen LogP contribution in [0.15, 0.2) is 40.9 Å². The number of nitrogens with two attached hydrogens (primary N) is 1. The van der Waals surface area contributed by atoms with Gasteiger partial charge in [-0.1, -0.05) is 18.2 Å². The minimum Gasteiger partial charge on any atom is -0.495 e. The number of methoxy groups -OCH3 is 1. The summed E-state index contributed by atoms with van der Waals surface area (Å²) < 4.78 is 18.8. The third-order valence-electron chi connectivity index (χ3n) is 2.97. The van der Waals surface area contributed by atoms with Crippen LogP contribution in [-0.2, 0) is 6.42 Å². The molecule has 5 heteroatoms. The third kappa shape index (κ3) is 2.82. The van der Waals surface area contributed by atoms with E-state index in [1.165, 1.54) is 13.2 Å². The zero-order valence-electron chi connectivity index (χ0n) is 10.8. The Morgan fingerprint density at radius 2 is 2.00 bits per heavy atom. The summed E-state index contributed by atoms with van der Waals surface area (Å²) >= 11 is 3.14. The molecular formula is C15H13BrFNO2. The molecule has 104 valence electrons. The summed E-state index contributed by atoms with van der Waals surface area (Å²) in [7, 11) is 1.49. The molecule has 2 aromatic rings. The van der Waals surface area contributed by atoms with Gasteiger partial charge in [0, 0.05) is 12.0 Å². The molecule has 2 rings (SSSR count). The predicted octanol–water partition coefficient (Wildman–Crippen LogP) is 3.60. The van der Waals surface area contributed by atoms with Gasteiger partial charge in [-0.25, -0.2) is 4.39 Å². The van der Waals surface area contributed by atoms with Crippen LogP contribution in [0.2, 0.25) is 0 Å². The van der Waals surface area contributed by atoms with Crippen molar-refractivity contribution < 1.29 is 13.9 Å². The number of hydrogen-bond donors (Lipinski definition) is 1. The highest BCUT2D eigenvalue weighted by Gasteiger charge is 2.15. The lowest BCUT2D eigenvalue weighted by molar-refractivity contribution is 0.0993. The van der Waals surface area contributed by atoms with Crippen molar-refractivity contribution in [2.45, 2.75) is 6.42 Å². The van der Waals surface area contributed by atoms with Gasteiger partial charge in [-0.15, -0.1) is 0 Å². The fourth-order valence-corrected chi connectivity index (χ4v) is 2.32. The van der Waals surface area contributed by atoms with E-state index in [4.69, 9.17) is 10.5 Å². The molecule has 0 atom stereocenters. The predicted molar refractivity (Wildman–Crippen MR) is 79.5 cm³/mol. The molecule has 0 spiro atoms. The van der Waals surface area contributed by atoms with Crippen molar-refractivity contribution in [2.75, 3.05) is 12.8 Å². The lowest BCUT2D eigenvalue weighted by Crippen LogP contribution is -2.08. The third-order valence-corrected chi connectivity index (χ3v) is 3.86. The van der Waals surface area contributed by atoms with Crippen molar-refractivity contribution >= 4 is 27.4 Å². The van der Waals surface area contributed by atoms with E-state index in [-0.39, 0.29) is 12.2 Å². The van der Waals surface area contributed by atoms with Crippen LogP contribution in [-0.4, -0.2) is 12.9 Å². The van der Waals surface area contributed by atoms with Gasteiger partial charge in [0.15, 0.2) is 5.78 Å². The summed E-state index contributed by atoms with van der Waals surface area (Å²) in [4.78, 5) is 12.3. The van der Waals surface area contributed by atoms with Crippen LogP contribution in [0.5, 0.6) is 5.75 Å². The normalized spacial score (nSPS) is 10.3. The first-order valence-electron chi connectivity index (χ1n) is 5.93. The van der Waals surface area contributed by atoms with E-state index >= 15 is 0 Å². The Labute approximate surface area is 124 Å². The zero-order chi connectivity index (χ0) is 14.7. The second kappa shape index (κ2) is 6.05. The van der Waals surface area contributed by atoms with Gasteiger partial charge in [0.1, 0.15) is 11.6 Å². The molecule has 0 unspecified atom stereocenters. The number of ether oxygens (including phenoxy) is 1. The van der Waals surface area contributed by atoms with Crippen LogP contribution >= 0.6 is 15.9 Å². The minimum atomic E-state index is -0.395. The van der Waals surface area contributed by atoms with Gasteiger partial charge < -0.3 is 10.5 Å². The van der Waals surface area contributed by atoms with E-state index in [1.54, 1.807) is 30.3 Å². The lowest BCUT2D eigenvalue weighted by atomic mass is 10.0. The van der Waals surface area contributed by atoms with Crippen molar-refractivity contribution in [1.29, 1.82) is 0 Å². The van der Waals surface area contributed by atoms with Gasteiger partial charge in [0.25, 0.3) is 0 Å². The molecule has 0 aromatic heterocycles. The molecular weight excluding hydrogens is 325 g/mol. The summed E-state index contributed by atoms with van der Waals surface area (Å²) in [6.07, 6.45) is 0.0652. The molecule has 0 aliphatic rings. The van der Waals surface area contributed by atoms with Gasteiger partial charge in [-0.05, 0) is 39.7 Å². The molecule has 0 heterocycles. The maximum Gasteiger partial charge on any atom is 0.169 e. The van der Waals surface area contributed by atoms with Crippen LogP contribution in [0.25, 0.3) is 0 Å². The number of rotatable bonds is 4. The number of carbonyl (C=O) groups excluding carboxylic acids is 1. The molecule has 0 saturated heterocycles. The number of carbonyl (C=O) groups is 1. The molecule has 0 bridgehead atoms. The first kappa shape index (κ1) is 14.5. The van der Waals surface area contributed by atoms with Crippen molar-refractivity contribution in [1.82, 2.24) is 0 Å². The number of halogens is 2. The number of ketones is 1. The SMILES string of the molecule is COc1cccc(C(=O)Cc2cccc(F)c2Br)c1N. The van der Waals surface area contributed by atoms with E-state index in [0.29, 0.717) is 27.0 Å². The monoisotopic (exact) mass is 337 g/mol. The van der Waals surface area contributed by atoms with Crippen LogP contribution in [0.4, 0.5) is 10.1 Å². The van der Waals surface area contributed by atoms with Gasteiger partial charge in [0.05, 0.1) is 17.3 Å². The van der Waals surface area contributed by atoms with Gasteiger partial charge >= 0.3 is 0 Å². The Morgan fingerprint density at radius 3 is 2.70 bits per heavy atom. The van der Waals surface area contributed by atoms with Gasteiger partial charge in [-0.3, -0.25) is 4.79 Å². The molecule has 3 nitrogen and oxygen atoms in total. The number of Topliss-reactive ketones (excluding diaryl/α,β-unsaturated/α-hetero) is 1. The van der Waals surface area contributed by atoms with Crippen LogP contribution in [0.1, 0.15) is 15.9 Å². The Hall–Kier alpha value is -1.88. The fourth-order valence-electron chi connectivity index (χ4n) is 1.92. The van der Waals surface area contributed by atoms with Crippen molar-refractivity contribution in [2.24, 2.45) is 0 Å². The van der Waals surface area contributed by atoms with Crippen molar-refractivity contribution in [3.63, 3.8) is 0 Å². The Bertz CT molecular complexity index is 658. The highest BCUT2D eigenvalue weighted by Crippen LogP contribution is 2.27. The highest BCUT2D eigenvalue weighted by molar-refractivity contribution is 9.10. The molecule has 0 radical (unpaired) electrons. The van der Waals surface area contributed by atoms with Crippen molar-refractivity contribution in [3.8, 4) is 5.75 Å². The van der Waals surface area contributed by atoms with Crippen LogP contribution in [0, 0.1) is 5.82 Å². The summed E-state index contributed by atoms with van der Waals surface area (Å²) in [5, 5.41) is 0. The molecule has 2 aromatic carbocycles. The van der Waals surface area contributed by atoms with E-state index in [2.05, 4.69) is 15.9 Å². The number of hydrogen-bond acceptors (Lipinski definition) is 3. The average molecular weight is 338 g/mol. The largest absolute Gasteiger partial charge is 0.495 e. The second-order valence-electron chi connectivity index (χ2n) is 4.23. The minimum absolute atomic E-state index is 0.0652. The molecule has 0 aliphatic carbocycles. The van der Waals surface area contributed by atoms with Crippen LogP contribution < -0.4 is 10.5 Å². The molecule has 0 amide bonds. The van der Waals surface area contributed by atoms with E-state index in [1.807, 2.05) is 0 Å². The first-order chi connectivity index (χ1) is 9.54. The summed E-state index contributed by atoms with van der Waals surface area (Å²) in [6, 6.07) is 9.61. The van der Waals surface area contributed by atoms with Crippen LogP contribution in [0.3, 0.4) is 0 Å². The topological polar surface area (TPSA) is 52.3 Å². The standard InChI is InChI=1S/C15H13BrFNO2/c1-20-13-7-3-5-10(15(13)18)12(19)8-9-4-2-6-11(17)14(9)16/h2-7H,8,18H2,1H3. The quantitative estimate of drug-likeness (QED) is 0.685. The number of para-hydroxylation sites is 1. The van der Waals surface area contributed by atoms with Crippen molar-refractivity contribution in [3.05, 3.63) is 57.8 Å². The Balaban J connectivity index is 2.31. The number of anilines is 1. The van der Waals surface area contributed by atoms with Gasteiger partial charge in [0.2, 0.25) is 0 Å². The maximum absolute atomic E-state index is 13.4. The molecule has 0 fully saturated rings. The maximum atomic E-state index is 13.4. The number of nitrogen functional groups attached to an aromatic ring is 1. The summed E-state index contributed by atoms with van der Waals surface area (Å²) in [5.41, 5.74) is 7.14. The van der Waals surface area contributed by atoms with E-state index in [0.717, 1.165) is 0 Å². The van der Waals surface area contributed by atoms with E-state index in [9.17, 15) is 9.18 Å². The summed E-state index contributed by atoms with van der Waals surface area (Å²) in [6.45, 7) is 0. The smallest absolute Gasteiger partial charge is 0.169 e. The average Bonchev–Trinajstić information content (AvgIpc) is 2.44. The molecule has 2 N–H and O–H groups in total. The first-order valence-corrected chi connectivity index (χ1v) is 6.72. The number of benzene rings is 2. The fraction of sp³-hybridized carbons (Fsp3) is 0.133. The molecule has 20 heavy (non-hydrogen) atoms. The Kier molecular flexibility index (Phi) is 4.39. The second-order valence-corrected chi connectivity index (χ2v) is 5.03. The summed E-state index contributed by atoms with van der Waals surface area (Å²) in [5.74, 6) is -0.129. The molecule has 0 saturated carbocycles. The Morgan fingerprint density at radius 1 is 1.30 bits per heavy atom.